The van der Waals surface area contributed by atoms with Crippen LogP contribution in [0.25, 0.3) is 23.9 Å². The zero-order valence-corrected chi connectivity index (χ0v) is 11.8. The van der Waals surface area contributed by atoms with Gasteiger partial charge in [0.25, 0.3) is 0 Å². The molecule has 0 spiro atoms. The monoisotopic (exact) mass is 251 g/mol. The van der Waals surface area contributed by atoms with Crippen molar-refractivity contribution < 1.29 is 0 Å². The van der Waals surface area contributed by atoms with Gasteiger partial charge in [-0.1, -0.05) is 61.7 Å². The fourth-order valence-corrected chi connectivity index (χ4v) is 2.69. The fourth-order valence-electron chi connectivity index (χ4n) is 2.69. The first-order valence-electron chi connectivity index (χ1n) is 6.64. The Balaban J connectivity index is 2.54. The average Bonchev–Trinajstić information content (AvgIpc) is 2.69. The highest BCUT2D eigenvalue weighted by Crippen LogP contribution is 2.16. The van der Waals surface area contributed by atoms with Crippen LogP contribution in [0.15, 0.2) is 48.6 Å². The van der Waals surface area contributed by atoms with E-state index in [0.29, 0.717) is 6.04 Å². The van der Waals surface area contributed by atoms with E-state index < -0.39 is 0 Å². The van der Waals surface area contributed by atoms with E-state index in [1.807, 2.05) is 25.1 Å². The molecular weight excluding hydrogens is 230 g/mol. The lowest BCUT2D eigenvalue weighted by molar-refractivity contribution is 0.529. The maximum atomic E-state index is 4.23. The quantitative estimate of drug-likeness (QED) is 0.732. The van der Waals surface area contributed by atoms with Crippen molar-refractivity contribution in [2.24, 2.45) is 0 Å². The Morgan fingerprint density at radius 3 is 2.16 bits per heavy atom. The minimum atomic E-state index is 0.330. The highest BCUT2D eigenvalue weighted by molar-refractivity contribution is 5.83. The first kappa shape index (κ1) is 13.4. The van der Waals surface area contributed by atoms with E-state index in [1.165, 1.54) is 16.3 Å². The van der Waals surface area contributed by atoms with Crippen molar-refractivity contribution in [1.82, 2.24) is 4.57 Å². The summed E-state index contributed by atoms with van der Waals surface area (Å²) in [5.74, 6) is 0. The maximum Gasteiger partial charge on any atom is 0.0420 e. The second-order valence-corrected chi connectivity index (χ2v) is 4.93. The molecule has 1 unspecified atom stereocenters. The van der Waals surface area contributed by atoms with Crippen molar-refractivity contribution in [3.63, 3.8) is 0 Å². The first-order chi connectivity index (χ1) is 9.10. The van der Waals surface area contributed by atoms with Gasteiger partial charge in [-0.25, -0.2) is 0 Å². The van der Waals surface area contributed by atoms with Crippen molar-refractivity contribution >= 4 is 23.9 Å². The molecule has 0 aliphatic rings. The molecule has 0 aliphatic heterocycles. The number of allylic oxidation sites excluding steroid dienone is 3. The van der Waals surface area contributed by atoms with Crippen molar-refractivity contribution in [1.29, 1.82) is 0 Å². The second-order valence-electron chi connectivity index (χ2n) is 4.93. The van der Waals surface area contributed by atoms with Crippen LogP contribution in [0.1, 0.15) is 26.3 Å². The third-order valence-electron chi connectivity index (χ3n) is 3.74. The topological polar surface area (TPSA) is 4.93 Å². The minimum Gasteiger partial charge on any atom is -0.338 e. The molecule has 0 bridgehead atoms. The van der Waals surface area contributed by atoms with Crippen LogP contribution >= 0.6 is 0 Å². The summed E-state index contributed by atoms with van der Waals surface area (Å²) in [6.45, 7) is 16.6. The van der Waals surface area contributed by atoms with Crippen LogP contribution in [0.3, 0.4) is 0 Å². The van der Waals surface area contributed by atoms with Gasteiger partial charge in [-0.2, -0.15) is 0 Å². The van der Waals surface area contributed by atoms with Gasteiger partial charge in [0.15, 0.2) is 0 Å². The Hall–Kier alpha value is -2.02. The Labute approximate surface area is 114 Å². The first-order valence-corrected chi connectivity index (χ1v) is 6.64. The standard InChI is InChI=1S/C18H21N/c1-6-16(7-2)12-13(3)19-14(4)17-10-8-9-11-18(17)15(19)5/h6-11,13H,1,4-5,12H2,2-3H3/b16-7+. The highest BCUT2D eigenvalue weighted by Gasteiger charge is 2.11. The van der Waals surface area contributed by atoms with Crippen LogP contribution < -0.4 is 10.7 Å². The smallest absolute Gasteiger partial charge is 0.0420 e. The summed E-state index contributed by atoms with van der Waals surface area (Å²) in [7, 11) is 0. The zero-order chi connectivity index (χ0) is 14.0. The normalized spacial score (nSPS) is 13.7. The molecule has 1 nitrogen and oxygen atoms in total. The van der Waals surface area contributed by atoms with Gasteiger partial charge in [0.05, 0.1) is 0 Å². The van der Waals surface area contributed by atoms with Crippen LogP contribution in [0, 0.1) is 0 Å². The molecule has 1 aromatic carbocycles. The van der Waals surface area contributed by atoms with Gasteiger partial charge in [0.1, 0.15) is 0 Å². The SMILES string of the molecule is C=C/C(=C\C)CC(C)n1c(=C)c2ccccc2c1=C. The second kappa shape index (κ2) is 5.31. The van der Waals surface area contributed by atoms with Crippen LogP contribution in [-0.2, 0) is 0 Å². The molecule has 0 saturated heterocycles. The Kier molecular flexibility index (Phi) is 3.75. The third-order valence-corrected chi connectivity index (χ3v) is 3.74. The van der Waals surface area contributed by atoms with E-state index in [1.54, 1.807) is 0 Å². The molecular formula is C18H21N. The molecule has 98 valence electrons. The third kappa shape index (κ3) is 2.28. The van der Waals surface area contributed by atoms with Gasteiger partial charge in [-0.05, 0) is 20.3 Å². The summed E-state index contributed by atoms with van der Waals surface area (Å²) in [6.07, 6.45) is 4.98. The summed E-state index contributed by atoms with van der Waals surface area (Å²) >= 11 is 0. The molecule has 1 aromatic heterocycles. The lowest BCUT2D eigenvalue weighted by Gasteiger charge is -2.15. The predicted octanol–water partition coefficient (Wildman–Crippen LogP) is 3.55. The van der Waals surface area contributed by atoms with E-state index in [4.69, 9.17) is 0 Å². The average molecular weight is 251 g/mol. The highest BCUT2D eigenvalue weighted by atomic mass is 15.0. The summed E-state index contributed by atoms with van der Waals surface area (Å²) in [6, 6.07) is 8.65. The molecule has 2 rings (SSSR count). The number of aromatic nitrogens is 1. The summed E-state index contributed by atoms with van der Waals surface area (Å²) in [5.41, 5.74) is 1.25. The van der Waals surface area contributed by atoms with Crippen LogP contribution in [0.5, 0.6) is 0 Å². The largest absolute Gasteiger partial charge is 0.338 e. The summed E-state index contributed by atoms with van der Waals surface area (Å²) in [5, 5.41) is 4.49. The molecule has 1 atom stereocenters. The molecule has 0 radical (unpaired) electrons. The van der Waals surface area contributed by atoms with Gasteiger partial charge in [-0.15, -0.1) is 0 Å². The molecule has 2 aromatic rings. The van der Waals surface area contributed by atoms with E-state index in [-0.39, 0.29) is 0 Å². The Morgan fingerprint density at radius 2 is 1.74 bits per heavy atom. The van der Waals surface area contributed by atoms with Crippen molar-refractivity contribution in [2.75, 3.05) is 0 Å². The van der Waals surface area contributed by atoms with E-state index in [0.717, 1.165) is 17.1 Å². The molecule has 0 aliphatic carbocycles. The molecule has 0 fully saturated rings. The molecule has 19 heavy (non-hydrogen) atoms. The van der Waals surface area contributed by atoms with Gasteiger partial charge in [0, 0.05) is 27.5 Å². The number of benzene rings is 1. The van der Waals surface area contributed by atoms with Crippen molar-refractivity contribution in [3.05, 3.63) is 59.3 Å². The minimum absolute atomic E-state index is 0.330. The fraction of sp³-hybridized carbons (Fsp3) is 0.222. The van der Waals surface area contributed by atoms with E-state index in [9.17, 15) is 0 Å². The van der Waals surface area contributed by atoms with Crippen molar-refractivity contribution in [3.8, 4) is 0 Å². The van der Waals surface area contributed by atoms with Gasteiger partial charge in [-0.3, -0.25) is 0 Å². The van der Waals surface area contributed by atoms with E-state index in [2.05, 4.69) is 49.4 Å². The predicted molar refractivity (Wildman–Crippen MR) is 85.5 cm³/mol. The van der Waals surface area contributed by atoms with Crippen LogP contribution in [0.2, 0.25) is 0 Å². The number of fused-ring (bicyclic) bond motifs is 1. The van der Waals surface area contributed by atoms with Crippen molar-refractivity contribution in [2.45, 2.75) is 26.3 Å². The number of hydrogen-bond acceptors (Lipinski definition) is 0. The van der Waals surface area contributed by atoms with Crippen LogP contribution in [0.4, 0.5) is 0 Å². The molecule has 1 heteroatoms. The molecule has 0 amide bonds. The van der Waals surface area contributed by atoms with Gasteiger partial charge in [0.2, 0.25) is 0 Å². The lowest BCUT2D eigenvalue weighted by Crippen LogP contribution is -2.28. The summed E-state index contributed by atoms with van der Waals surface area (Å²) < 4.78 is 2.23. The Bertz CT molecular complexity index is 684. The molecule has 0 N–H and O–H groups in total. The Morgan fingerprint density at radius 1 is 1.21 bits per heavy atom. The molecule has 1 heterocycles. The van der Waals surface area contributed by atoms with E-state index >= 15 is 0 Å². The zero-order valence-electron chi connectivity index (χ0n) is 11.8. The lowest BCUT2D eigenvalue weighted by atomic mass is 10.1. The number of nitrogens with zero attached hydrogens (tertiary/aromatic N) is 1. The molecule has 0 saturated carbocycles. The number of rotatable bonds is 4. The van der Waals surface area contributed by atoms with Gasteiger partial charge < -0.3 is 4.57 Å². The summed E-state index contributed by atoms with van der Waals surface area (Å²) in [4.78, 5) is 0. The maximum absolute atomic E-state index is 4.23. The van der Waals surface area contributed by atoms with Gasteiger partial charge >= 0.3 is 0 Å². The number of hydrogen-bond donors (Lipinski definition) is 0. The van der Waals surface area contributed by atoms with Crippen LogP contribution in [-0.4, -0.2) is 4.57 Å².